The van der Waals surface area contributed by atoms with E-state index < -0.39 is 0 Å². The number of hydrogen-bond acceptors (Lipinski definition) is 6. The first kappa shape index (κ1) is 15.6. The van der Waals surface area contributed by atoms with Crippen LogP contribution in [0, 0.1) is 6.92 Å². The Morgan fingerprint density at radius 2 is 1.87 bits per heavy atom. The summed E-state index contributed by atoms with van der Waals surface area (Å²) in [5, 5.41) is 4.29. The molecule has 1 saturated heterocycles. The van der Waals surface area contributed by atoms with Gasteiger partial charge in [-0.15, -0.1) is 0 Å². The van der Waals surface area contributed by atoms with Gasteiger partial charge in [-0.05, 0) is 27.7 Å². The normalized spacial score (nSPS) is 21.5. The van der Waals surface area contributed by atoms with Crippen LogP contribution in [0.3, 0.4) is 0 Å². The molecule has 0 radical (unpaired) electrons. The smallest absolute Gasteiger partial charge is 0.163 e. The Bertz CT molecular complexity index is 717. The van der Waals surface area contributed by atoms with E-state index >= 15 is 0 Å². The lowest BCUT2D eigenvalue weighted by Crippen LogP contribution is -2.45. The Morgan fingerprint density at radius 1 is 1.22 bits per heavy atom. The zero-order valence-corrected chi connectivity index (χ0v) is 13.9. The first-order chi connectivity index (χ1) is 11.0. The molecule has 0 aliphatic carbocycles. The van der Waals surface area contributed by atoms with Crippen LogP contribution in [0.4, 0.5) is 5.82 Å². The van der Waals surface area contributed by atoms with E-state index in [0.717, 1.165) is 24.6 Å². The third-order valence-corrected chi connectivity index (χ3v) is 3.99. The van der Waals surface area contributed by atoms with Gasteiger partial charge in [0.2, 0.25) is 0 Å². The molecule has 3 heterocycles. The summed E-state index contributed by atoms with van der Waals surface area (Å²) < 4.78 is 7.44. The highest BCUT2D eigenvalue weighted by Gasteiger charge is 2.24. The van der Waals surface area contributed by atoms with Gasteiger partial charge in [-0.2, -0.15) is 5.10 Å². The third kappa shape index (κ3) is 3.10. The molecule has 7 nitrogen and oxygen atoms in total. The zero-order chi connectivity index (χ0) is 16.6. The molecule has 1 aliphatic heterocycles. The number of ether oxygens (including phenoxy) is 1. The van der Waals surface area contributed by atoms with Crippen molar-refractivity contribution in [1.29, 1.82) is 0 Å². The number of carbonyl (C=O) groups excluding carboxylic acids is 1. The molecule has 122 valence electrons. The molecule has 0 aromatic carbocycles. The molecule has 1 aliphatic rings. The van der Waals surface area contributed by atoms with Crippen LogP contribution in [0.2, 0.25) is 0 Å². The summed E-state index contributed by atoms with van der Waals surface area (Å²) in [5.41, 5.74) is 1.39. The van der Waals surface area contributed by atoms with Gasteiger partial charge in [0.25, 0.3) is 0 Å². The first-order valence-electron chi connectivity index (χ1n) is 7.74. The van der Waals surface area contributed by atoms with Crippen LogP contribution in [0.5, 0.6) is 0 Å². The predicted molar refractivity (Wildman–Crippen MR) is 86.1 cm³/mol. The fourth-order valence-electron chi connectivity index (χ4n) is 2.98. The van der Waals surface area contributed by atoms with Crippen molar-refractivity contribution in [2.45, 2.75) is 39.9 Å². The molecule has 0 N–H and O–H groups in total. The quantitative estimate of drug-likeness (QED) is 0.804. The fourth-order valence-corrected chi connectivity index (χ4v) is 2.98. The van der Waals surface area contributed by atoms with Crippen molar-refractivity contribution >= 4 is 11.6 Å². The molecule has 2 aromatic rings. The molecular formula is C16H21N5O2. The van der Waals surface area contributed by atoms with Crippen molar-refractivity contribution in [2.75, 3.05) is 18.0 Å². The highest BCUT2D eigenvalue weighted by atomic mass is 16.5. The Morgan fingerprint density at radius 3 is 2.48 bits per heavy atom. The van der Waals surface area contributed by atoms with Crippen LogP contribution in [0.25, 0.3) is 5.82 Å². The standard InChI is InChI=1S/C16H21N5O2/c1-10-7-20(8-11(2)23-10)15-5-16(18-9-17-15)21-12(3)14(6-19-21)13(4)22/h5-6,9-11H,7-8H2,1-4H3/t10-,11-/m1/s1. The van der Waals surface area contributed by atoms with Crippen molar-refractivity contribution in [3.05, 3.63) is 29.8 Å². The minimum Gasteiger partial charge on any atom is -0.372 e. The molecule has 0 saturated carbocycles. The van der Waals surface area contributed by atoms with Crippen LogP contribution in [-0.2, 0) is 4.74 Å². The highest BCUT2D eigenvalue weighted by molar-refractivity contribution is 5.95. The Kier molecular flexibility index (Phi) is 4.12. The number of ketones is 1. The average Bonchev–Trinajstić information content (AvgIpc) is 2.88. The number of hydrogen-bond donors (Lipinski definition) is 0. The largest absolute Gasteiger partial charge is 0.372 e. The molecule has 0 amide bonds. The summed E-state index contributed by atoms with van der Waals surface area (Å²) in [6.45, 7) is 9.10. The minimum atomic E-state index is -0.00106. The molecule has 2 aromatic heterocycles. The molecule has 2 atom stereocenters. The van der Waals surface area contributed by atoms with Crippen LogP contribution in [-0.4, -0.2) is 50.8 Å². The summed E-state index contributed by atoms with van der Waals surface area (Å²) in [4.78, 5) is 22.5. The molecule has 1 fully saturated rings. The van der Waals surface area contributed by atoms with E-state index in [0.29, 0.717) is 11.4 Å². The van der Waals surface area contributed by atoms with Crippen molar-refractivity contribution in [3.63, 3.8) is 0 Å². The maximum absolute atomic E-state index is 11.6. The maximum Gasteiger partial charge on any atom is 0.163 e. The topological polar surface area (TPSA) is 73.1 Å². The summed E-state index contributed by atoms with van der Waals surface area (Å²) in [6, 6.07) is 1.90. The second-order valence-electron chi connectivity index (χ2n) is 6.01. The van der Waals surface area contributed by atoms with Gasteiger partial charge in [0.05, 0.1) is 29.7 Å². The van der Waals surface area contributed by atoms with Gasteiger partial charge in [-0.1, -0.05) is 0 Å². The van der Waals surface area contributed by atoms with Gasteiger partial charge < -0.3 is 9.64 Å². The summed E-state index contributed by atoms with van der Waals surface area (Å²) >= 11 is 0. The summed E-state index contributed by atoms with van der Waals surface area (Å²) in [6.07, 6.45) is 3.43. The number of carbonyl (C=O) groups is 1. The zero-order valence-electron chi connectivity index (χ0n) is 13.9. The average molecular weight is 315 g/mol. The number of nitrogens with zero attached hydrogens (tertiary/aromatic N) is 5. The van der Waals surface area contributed by atoms with Crippen molar-refractivity contribution in [3.8, 4) is 5.82 Å². The van der Waals surface area contributed by atoms with E-state index in [2.05, 4.69) is 33.8 Å². The number of Topliss-reactive ketones (excluding diaryl/α,β-unsaturated/α-hetero) is 1. The second-order valence-corrected chi connectivity index (χ2v) is 6.01. The molecular weight excluding hydrogens is 294 g/mol. The van der Waals surface area contributed by atoms with Crippen LogP contribution >= 0.6 is 0 Å². The van der Waals surface area contributed by atoms with Crippen LogP contribution < -0.4 is 4.90 Å². The van der Waals surface area contributed by atoms with E-state index in [1.54, 1.807) is 10.9 Å². The lowest BCUT2D eigenvalue weighted by atomic mass is 10.2. The SMILES string of the molecule is CC(=O)c1cnn(-c2cc(N3C[C@@H](C)O[C@H](C)C3)ncn2)c1C. The molecule has 0 bridgehead atoms. The lowest BCUT2D eigenvalue weighted by Gasteiger charge is -2.36. The highest BCUT2D eigenvalue weighted by Crippen LogP contribution is 2.20. The van der Waals surface area contributed by atoms with E-state index in [4.69, 9.17) is 4.74 Å². The summed E-state index contributed by atoms with van der Waals surface area (Å²) in [7, 11) is 0. The number of rotatable bonds is 3. The lowest BCUT2D eigenvalue weighted by molar-refractivity contribution is -0.00547. The van der Waals surface area contributed by atoms with E-state index in [-0.39, 0.29) is 18.0 Å². The van der Waals surface area contributed by atoms with Gasteiger partial charge in [-0.3, -0.25) is 4.79 Å². The Balaban J connectivity index is 1.93. The second kappa shape index (κ2) is 6.08. The van der Waals surface area contributed by atoms with Crippen LogP contribution in [0.15, 0.2) is 18.6 Å². The Labute approximate surface area is 135 Å². The third-order valence-electron chi connectivity index (χ3n) is 3.99. The van der Waals surface area contributed by atoms with E-state index in [1.807, 2.05) is 13.0 Å². The first-order valence-corrected chi connectivity index (χ1v) is 7.74. The molecule has 0 spiro atoms. The minimum absolute atomic E-state index is 0.00106. The predicted octanol–water partition coefficient (Wildman–Crippen LogP) is 1.79. The van der Waals surface area contributed by atoms with Crippen molar-refractivity contribution < 1.29 is 9.53 Å². The monoisotopic (exact) mass is 315 g/mol. The van der Waals surface area contributed by atoms with Gasteiger partial charge in [0.1, 0.15) is 12.1 Å². The summed E-state index contributed by atoms with van der Waals surface area (Å²) in [5.74, 6) is 1.50. The molecule has 7 heteroatoms. The number of aromatic nitrogens is 4. The number of morpholine rings is 1. The van der Waals surface area contributed by atoms with Crippen molar-refractivity contribution in [1.82, 2.24) is 19.7 Å². The van der Waals surface area contributed by atoms with Crippen molar-refractivity contribution in [2.24, 2.45) is 0 Å². The van der Waals surface area contributed by atoms with E-state index in [9.17, 15) is 4.79 Å². The van der Waals surface area contributed by atoms with Gasteiger partial charge >= 0.3 is 0 Å². The Hall–Kier alpha value is -2.28. The van der Waals surface area contributed by atoms with Gasteiger partial charge in [0.15, 0.2) is 11.6 Å². The molecule has 3 rings (SSSR count). The van der Waals surface area contributed by atoms with E-state index in [1.165, 1.54) is 13.3 Å². The van der Waals surface area contributed by atoms with Gasteiger partial charge in [-0.25, -0.2) is 14.6 Å². The fraction of sp³-hybridized carbons (Fsp3) is 0.500. The molecule has 23 heavy (non-hydrogen) atoms. The van der Waals surface area contributed by atoms with Gasteiger partial charge in [0, 0.05) is 19.2 Å². The number of anilines is 1. The maximum atomic E-state index is 11.6. The molecule has 0 unspecified atom stereocenters. The van der Waals surface area contributed by atoms with Crippen LogP contribution in [0.1, 0.15) is 36.8 Å².